The lowest BCUT2D eigenvalue weighted by Gasteiger charge is -2.44. The molecule has 0 saturated heterocycles. The monoisotopic (exact) mass is 475 g/mol. The van der Waals surface area contributed by atoms with Gasteiger partial charge in [-0.2, -0.15) is 0 Å². The number of ether oxygens (including phenoxy) is 2. The standard InChI is InChI=1S/C30H37NO4/c1-19-14-16-29(5,18-20(19)2)17-15-23-12-13-25-26(21(23)3)30(35-22(4)32,24-10-8-7-9-11-24)27(34-6)28(33)31-25/h7-13,15,17,19-20,27H,14,16,18H2,1-6H3,(H,31,33)/b17-15+/t19-,20-,27+,29-,30-/m0/s1. The molecule has 2 aliphatic rings. The molecule has 1 aliphatic carbocycles. The summed E-state index contributed by atoms with van der Waals surface area (Å²) in [5, 5.41) is 2.97. The Morgan fingerprint density at radius 1 is 1.11 bits per heavy atom. The molecule has 5 nitrogen and oxygen atoms in total. The Labute approximate surface area is 208 Å². The average Bonchev–Trinajstić information content (AvgIpc) is 2.81. The number of hydrogen-bond donors (Lipinski definition) is 1. The van der Waals surface area contributed by atoms with Crippen LogP contribution in [0.2, 0.25) is 0 Å². The minimum Gasteiger partial charge on any atom is -0.446 e. The predicted molar refractivity (Wildman–Crippen MR) is 139 cm³/mol. The topological polar surface area (TPSA) is 64.6 Å². The van der Waals surface area contributed by atoms with E-state index in [-0.39, 0.29) is 11.3 Å². The summed E-state index contributed by atoms with van der Waals surface area (Å²) < 4.78 is 11.8. The number of benzene rings is 2. The molecule has 1 amide bonds. The third-order valence-electron chi connectivity index (χ3n) is 8.08. The highest BCUT2D eigenvalue weighted by atomic mass is 16.6. The zero-order valence-electron chi connectivity index (χ0n) is 21.7. The van der Waals surface area contributed by atoms with Gasteiger partial charge >= 0.3 is 5.97 Å². The van der Waals surface area contributed by atoms with Crippen molar-refractivity contribution in [3.8, 4) is 0 Å². The van der Waals surface area contributed by atoms with Crippen molar-refractivity contribution >= 4 is 23.6 Å². The maximum Gasteiger partial charge on any atom is 0.303 e. The summed E-state index contributed by atoms with van der Waals surface area (Å²) in [6.07, 6.45) is 7.07. The van der Waals surface area contributed by atoms with Gasteiger partial charge in [-0.25, -0.2) is 0 Å². The van der Waals surface area contributed by atoms with Gasteiger partial charge in [-0.05, 0) is 60.6 Å². The van der Waals surface area contributed by atoms with Gasteiger partial charge in [0.15, 0.2) is 11.7 Å². The van der Waals surface area contributed by atoms with Gasteiger partial charge < -0.3 is 14.8 Å². The first-order chi connectivity index (χ1) is 16.6. The number of fused-ring (bicyclic) bond motifs is 1. The van der Waals surface area contributed by atoms with Crippen LogP contribution >= 0.6 is 0 Å². The highest BCUT2D eigenvalue weighted by Gasteiger charge is 2.55. The quantitative estimate of drug-likeness (QED) is 0.520. The number of allylic oxidation sites excluding steroid dienone is 1. The molecule has 186 valence electrons. The Morgan fingerprint density at radius 2 is 1.83 bits per heavy atom. The molecular formula is C30H37NO4. The number of amides is 1. The van der Waals surface area contributed by atoms with Crippen LogP contribution in [0, 0.1) is 24.2 Å². The van der Waals surface area contributed by atoms with Gasteiger partial charge in [0.05, 0.1) is 0 Å². The minimum atomic E-state index is -1.40. The van der Waals surface area contributed by atoms with Crippen molar-refractivity contribution in [1.82, 2.24) is 0 Å². The molecule has 35 heavy (non-hydrogen) atoms. The van der Waals surface area contributed by atoms with E-state index in [9.17, 15) is 9.59 Å². The molecule has 1 N–H and O–H groups in total. The largest absolute Gasteiger partial charge is 0.446 e. The van der Waals surface area contributed by atoms with Gasteiger partial charge in [0, 0.05) is 30.8 Å². The van der Waals surface area contributed by atoms with Gasteiger partial charge in [-0.15, -0.1) is 0 Å². The fourth-order valence-corrected chi connectivity index (χ4v) is 5.97. The van der Waals surface area contributed by atoms with E-state index < -0.39 is 17.7 Å². The van der Waals surface area contributed by atoms with E-state index in [1.54, 1.807) is 0 Å². The van der Waals surface area contributed by atoms with Crippen molar-refractivity contribution in [2.75, 3.05) is 12.4 Å². The Morgan fingerprint density at radius 3 is 2.46 bits per heavy atom. The number of nitrogens with one attached hydrogen (secondary N) is 1. The van der Waals surface area contributed by atoms with Crippen LogP contribution in [0.1, 0.15) is 69.2 Å². The van der Waals surface area contributed by atoms with Gasteiger partial charge in [0.1, 0.15) is 0 Å². The molecule has 4 rings (SSSR count). The lowest BCUT2D eigenvalue weighted by molar-refractivity contribution is -0.172. The maximum atomic E-state index is 13.1. The van der Waals surface area contributed by atoms with Crippen LogP contribution < -0.4 is 5.32 Å². The molecule has 0 bridgehead atoms. The molecule has 2 aromatic rings. The molecule has 5 atom stereocenters. The lowest BCUT2D eigenvalue weighted by atomic mass is 9.67. The fraction of sp³-hybridized carbons (Fsp3) is 0.467. The van der Waals surface area contributed by atoms with E-state index >= 15 is 0 Å². The average molecular weight is 476 g/mol. The Hall–Kier alpha value is -2.92. The first-order valence-corrected chi connectivity index (χ1v) is 12.5. The van der Waals surface area contributed by atoms with Crippen LogP contribution in [0.25, 0.3) is 6.08 Å². The molecule has 1 saturated carbocycles. The summed E-state index contributed by atoms with van der Waals surface area (Å²) in [5.74, 6) is 0.627. The molecule has 1 fully saturated rings. The van der Waals surface area contributed by atoms with E-state index in [0.29, 0.717) is 17.2 Å². The zero-order chi connectivity index (χ0) is 25.4. The molecule has 0 radical (unpaired) electrons. The second-order valence-corrected chi connectivity index (χ2v) is 10.7. The van der Waals surface area contributed by atoms with Crippen molar-refractivity contribution in [2.24, 2.45) is 17.3 Å². The summed E-state index contributed by atoms with van der Waals surface area (Å²) in [6.45, 7) is 10.4. The van der Waals surface area contributed by atoms with Crippen LogP contribution in [-0.2, 0) is 24.7 Å². The molecule has 0 spiro atoms. The number of rotatable bonds is 5. The highest BCUT2D eigenvalue weighted by molar-refractivity contribution is 6.00. The summed E-state index contributed by atoms with van der Waals surface area (Å²) in [5.41, 5.74) is 2.82. The smallest absolute Gasteiger partial charge is 0.303 e. The minimum absolute atomic E-state index is 0.143. The third-order valence-corrected chi connectivity index (χ3v) is 8.08. The Kier molecular flexibility index (Phi) is 6.92. The lowest BCUT2D eigenvalue weighted by Crippen LogP contribution is -2.55. The number of carbonyl (C=O) groups excluding carboxylic acids is 2. The van der Waals surface area contributed by atoms with E-state index in [1.165, 1.54) is 26.9 Å². The van der Waals surface area contributed by atoms with Crippen molar-refractivity contribution in [3.05, 3.63) is 70.8 Å². The first-order valence-electron chi connectivity index (χ1n) is 12.5. The molecule has 5 heteroatoms. The van der Waals surface area contributed by atoms with Crippen LogP contribution in [0.5, 0.6) is 0 Å². The SMILES string of the molecule is CO[C@@H]1C(=O)Nc2ccc(/C=C/[C@]3(C)CC[C@H](C)[C@@H](C)C3)c(C)c2[C@@]1(OC(C)=O)c1ccccc1. The van der Waals surface area contributed by atoms with Crippen LogP contribution in [0.4, 0.5) is 5.69 Å². The second-order valence-electron chi connectivity index (χ2n) is 10.7. The fourth-order valence-electron chi connectivity index (χ4n) is 5.97. The van der Waals surface area contributed by atoms with Gasteiger partial charge in [0.25, 0.3) is 5.91 Å². The number of methoxy groups -OCH3 is 1. The Bertz CT molecular complexity index is 1140. The van der Waals surface area contributed by atoms with Crippen LogP contribution in [-0.4, -0.2) is 25.1 Å². The second kappa shape index (κ2) is 9.62. The van der Waals surface area contributed by atoms with Gasteiger partial charge in [0.2, 0.25) is 0 Å². The van der Waals surface area contributed by atoms with Crippen molar-refractivity contribution in [2.45, 2.75) is 65.6 Å². The molecule has 2 aromatic carbocycles. The summed E-state index contributed by atoms with van der Waals surface area (Å²) in [6, 6.07) is 13.3. The molecular weight excluding hydrogens is 438 g/mol. The van der Waals surface area contributed by atoms with Crippen LogP contribution in [0.15, 0.2) is 48.5 Å². The number of carbonyl (C=O) groups is 2. The summed E-state index contributed by atoms with van der Waals surface area (Å²) >= 11 is 0. The highest BCUT2D eigenvalue weighted by Crippen LogP contribution is 2.48. The van der Waals surface area contributed by atoms with Gasteiger partial charge in [-0.3, -0.25) is 9.59 Å². The van der Waals surface area contributed by atoms with E-state index in [2.05, 4.69) is 38.2 Å². The van der Waals surface area contributed by atoms with Gasteiger partial charge in [-0.1, -0.05) is 69.3 Å². The Balaban J connectivity index is 1.88. The van der Waals surface area contributed by atoms with E-state index in [0.717, 1.165) is 29.0 Å². The summed E-state index contributed by atoms with van der Waals surface area (Å²) in [4.78, 5) is 25.6. The van der Waals surface area contributed by atoms with Crippen molar-refractivity contribution < 1.29 is 19.1 Å². The van der Waals surface area contributed by atoms with Crippen LogP contribution in [0.3, 0.4) is 0 Å². The number of hydrogen-bond acceptors (Lipinski definition) is 4. The normalized spacial score (nSPS) is 30.6. The first kappa shape index (κ1) is 25.2. The van der Waals surface area contributed by atoms with E-state index in [1.807, 2.05) is 49.4 Å². The predicted octanol–water partition coefficient (Wildman–Crippen LogP) is 6.24. The molecule has 1 aliphatic heterocycles. The number of esters is 1. The number of anilines is 1. The molecule has 1 heterocycles. The third kappa shape index (κ3) is 4.54. The van der Waals surface area contributed by atoms with E-state index in [4.69, 9.17) is 9.47 Å². The maximum absolute atomic E-state index is 13.1. The van der Waals surface area contributed by atoms with Crippen molar-refractivity contribution in [3.63, 3.8) is 0 Å². The molecule has 0 unspecified atom stereocenters. The zero-order valence-corrected chi connectivity index (χ0v) is 21.7. The van der Waals surface area contributed by atoms with Crippen molar-refractivity contribution in [1.29, 1.82) is 0 Å². The molecule has 0 aromatic heterocycles. The summed E-state index contributed by atoms with van der Waals surface area (Å²) in [7, 11) is 1.47.